The molecule has 1 heterocycles. The second-order valence-corrected chi connectivity index (χ2v) is 5.11. The van der Waals surface area contributed by atoms with Gasteiger partial charge in [0.05, 0.1) is 7.11 Å². The fourth-order valence-electron chi connectivity index (χ4n) is 1.69. The third-order valence-corrected chi connectivity index (χ3v) is 3.40. The summed E-state index contributed by atoms with van der Waals surface area (Å²) in [6.07, 6.45) is 1.48. The summed E-state index contributed by atoms with van der Waals surface area (Å²) in [5.41, 5.74) is 1.21. The highest BCUT2D eigenvalue weighted by Gasteiger charge is 2.21. The molecule has 2 aromatic rings. The average Bonchev–Trinajstić information content (AvgIpc) is 2.38. The Labute approximate surface area is 105 Å². The number of ether oxygens (including phenoxy) is 1. The predicted molar refractivity (Wildman–Crippen MR) is 67.6 cm³/mol. The second-order valence-electron chi connectivity index (χ2n) is 3.61. The monoisotopic (exact) mass is 264 g/mol. The molecule has 0 radical (unpaired) electrons. The first-order valence-electron chi connectivity index (χ1n) is 5.15. The quantitative estimate of drug-likeness (QED) is 0.908. The van der Waals surface area contributed by atoms with E-state index in [1.807, 2.05) is 18.2 Å². The van der Waals surface area contributed by atoms with Gasteiger partial charge < -0.3 is 4.74 Å². The van der Waals surface area contributed by atoms with Crippen LogP contribution in [0.25, 0.3) is 11.1 Å². The standard InChI is InChI=1S/C12H12N2O3S/c1-17-12-11(18(13,15)16)10(7-8-14-12)9-5-3-2-4-6-9/h2-8H,1H3,(H2,13,15,16). The summed E-state index contributed by atoms with van der Waals surface area (Å²) in [5, 5.41) is 5.22. The molecule has 0 saturated carbocycles. The number of nitrogens with zero attached hydrogens (tertiary/aromatic N) is 1. The molecular formula is C12H12N2O3S. The number of hydrogen-bond acceptors (Lipinski definition) is 4. The van der Waals surface area contributed by atoms with Crippen LogP contribution in [0.2, 0.25) is 0 Å². The molecule has 0 bridgehead atoms. The fraction of sp³-hybridized carbons (Fsp3) is 0.0833. The molecule has 1 aromatic carbocycles. The van der Waals surface area contributed by atoms with Crippen molar-refractivity contribution in [2.24, 2.45) is 5.14 Å². The number of primary sulfonamides is 1. The summed E-state index contributed by atoms with van der Waals surface area (Å²) in [7, 11) is -2.56. The van der Waals surface area contributed by atoms with Crippen LogP contribution < -0.4 is 9.88 Å². The first kappa shape index (κ1) is 12.5. The van der Waals surface area contributed by atoms with Crippen molar-refractivity contribution < 1.29 is 13.2 Å². The highest BCUT2D eigenvalue weighted by atomic mass is 32.2. The highest BCUT2D eigenvalue weighted by Crippen LogP contribution is 2.31. The Kier molecular flexibility index (Phi) is 3.31. The zero-order valence-corrected chi connectivity index (χ0v) is 10.5. The normalized spacial score (nSPS) is 11.2. The van der Waals surface area contributed by atoms with Crippen LogP contribution in [0.5, 0.6) is 5.88 Å². The van der Waals surface area contributed by atoms with Crippen molar-refractivity contribution in [3.8, 4) is 17.0 Å². The minimum Gasteiger partial charge on any atom is -0.480 e. The minimum atomic E-state index is -3.91. The second kappa shape index (κ2) is 4.75. The average molecular weight is 264 g/mol. The number of methoxy groups -OCH3 is 1. The molecule has 0 fully saturated rings. The Balaban J connectivity index is 2.77. The number of rotatable bonds is 3. The molecule has 0 atom stereocenters. The molecule has 18 heavy (non-hydrogen) atoms. The van der Waals surface area contributed by atoms with Gasteiger partial charge in [0.1, 0.15) is 0 Å². The van der Waals surface area contributed by atoms with Gasteiger partial charge in [-0.2, -0.15) is 0 Å². The maximum Gasteiger partial charge on any atom is 0.244 e. The maximum atomic E-state index is 11.7. The Morgan fingerprint density at radius 3 is 2.39 bits per heavy atom. The number of sulfonamides is 1. The molecule has 0 unspecified atom stereocenters. The van der Waals surface area contributed by atoms with E-state index in [1.165, 1.54) is 13.3 Å². The molecule has 94 valence electrons. The van der Waals surface area contributed by atoms with Gasteiger partial charge in [-0.15, -0.1) is 0 Å². The number of aromatic nitrogens is 1. The van der Waals surface area contributed by atoms with Crippen molar-refractivity contribution in [2.75, 3.05) is 7.11 Å². The molecular weight excluding hydrogens is 252 g/mol. The van der Waals surface area contributed by atoms with Gasteiger partial charge in [0, 0.05) is 11.8 Å². The molecule has 2 N–H and O–H groups in total. The molecule has 0 spiro atoms. The Hall–Kier alpha value is -1.92. The predicted octanol–water partition coefficient (Wildman–Crippen LogP) is 1.40. The molecule has 2 rings (SSSR count). The van der Waals surface area contributed by atoms with Gasteiger partial charge in [-0.3, -0.25) is 0 Å². The molecule has 0 aliphatic carbocycles. The third-order valence-electron chi connectivity index (χ3n) is 2.43. The molecule has 0 aliphatic heterocycles. The van der Waals surface area contributed by atoms with Crippen LogP contribution in [-0.4, -0.2) is 20.5 Å². The zero-order valence-electron chi connectivity index (χ0n) is 9.70. The summed E-state index contributed by atoms with van der Waals surface area (Å²) in [6.45, 7) is 0. The fourth-order valence-corrected chi connectivity index (χ4v) is 2.57. The molecule has 0 amide bonds. The van der Waals surface area contributed by atoms with Gasteiger partial charge in [0.2, 0.25) is 15.9 Å². The van der Waals surface area contributed by atoms with Crippen LogP contribution >= 0.6 is 0 Å². The number of hydrogen-bond donors (Lipinski definition) is 1. The van der Waals surface area contributed by atoms with Crippen LogP contribution in [0.1, 0.15) is 0 Å². The Bertz CT molecular complexity index is 654. The van der Waals surface area contributed by atoms with Crippen molar-refractivity contribution >= 4 is 10.0 Å². The van der Waals surface area contributed by atoms with Gasteiger partial charge >= 0.3 is 0 Å². The van der Waals surface area contributed by atoms with E-state index in [9.17, 15) is 8.42 Å². The summed E-state index contributed by atoms with van der Waals surface area (Å²) in [4.78, 5) is 3.77. The van der Waals surface area contributed by atoms with E-state index in [4.69, 9.17) is 9.88 Å². The van der Waals surface area contributed by atoms with Crippen molar-refractivity contribution in [2.45, 2.75) is 4.90 Å². The van der Waals surface area contributed by atoms with Crippen molar-refractivity contribution in [3.63, 3.8) is 0 Å². The minimum absolute atomic E-state index is 0.00106. The van der Waals surface area contributed by atoms with Crippen LogP contribution in [0.4, 0.5) is 0 Å². The molecule has 0 aliphatic rings. The number of benzene rings is 1. The van der Waals surface area contributed by atoms with E-state index in [2.05, 4.69) is 4.98 Å². The molecule has 5 nitrogen and oxygen atoms in total. The third kappa shape index (κ3) is 2.34. The lowest BCUT2D eigenvalue weighted by molar-refractivity contribution is 0.385. The first-order chi connectivity index (χ1) is 8.54. The van der Waals surface area contributed by atoms with Crippen LogP contribution in [0.15, 0.2) is 47.5 Å². The Morgan fingerprint density at radius 1 is 1.17 bits per heavy atom. The van der Waals surface area contributed by atoms with Crippen molar-refractivity contribution in [1.29, 1.82) is 0 Å². The van der Waals surface area contributed by atoms with E-state index in [0.717, 1.165) is 5.56 Å². The lowest BCUT2D eigenvalue weighted by Gasteiger charge is -2.10. The van der Waals surface area contributed by atoms with Crippen LogP contribution in [-0.2, 0) is 10.0 Å². The number of pyridine rings is 1. The van der Waals surface area contributed by atoms with E-state index < -0.39 is 10.0 Å². The van der Waals surface area contributed by atoms with Gasteiger partial charge in [0.15, 0.2) is 4.90 Å². The van der Waals surface area contributed by atoms with E-state index in [1.54, 1.807) is 18.2 Å². The highest BCUT2D eigenvalue weighted by molar-refractivity contribution is 7.89. The van der Waals surface area contributed by atoms with Crippen molar-refractivity contribution in [3.05, 3.63) is 42.6 Å². The van der Waals surface area contributed by atoms with E-state index >= 15 is 0 Å². The maximum absolute atomic E-state index is 11.7. The molecule has 0 saturated heterocycles. The zero-order chi connectivity index (χ0) is 13.2. The molecule has 6 heteroatoms. The van der Waals surface area contributed by atoms with Gasteiger partial charge in [0.25, 0.3) is 0 Å². The van der Waals surface area contributed by atoms with E-state index in [-0.39, 0.29) is 10.8 Å². The van der Waals surface area contributed by atoms with Crippen LogP contribution in [0.3, 0.4) is 0 Å². The molecule has 1 aromatic heterocycles. The van der Waals surface area contributed by atoms with Gasteiger partial charge in [-0.05, 0) is 11.6 Å². The summed E-state index contributed by atoms with van der Waals surface area (Å²) >= 11 is 0. The number of nitrogens with two attached hydrogens (primary N) is 1. The van der Waals surface area contributed by atoms with Gasteiger partial charge in [-0.1, -0.05) is 30.3 Å². The first-order valence-corrected chi connectivity index (χ1v) is 6.70. The lowest BCUT2D eigenvalue weighted by Crippen LogP contribution is -2.15. The SMILES string of the molecule is COc1nccc(-c2ccccc2)c1S(N)(=O)=O. The topological polar surface area (TPSA) is 82.3 Å². The van der Waals surface area contributed by atoms with E-state index in [0.29, 0.717) is 5.56 Å². The Morgan fingerprint density at radius 2 is 1.83 bits per heavy atom. The van der Waals surface area contributed by atoms with Crippen molar-refractivity contribution in [1.82, 2.24) is 4.98 Å². The summed E-state index contributed by atoms with van der Waals surface area (Å²) in [6, 6.07) is 10.7. The van der Waals surface area contributed by atoms with Crippen LogP contribution in [0, 0.1) is 0 Å². The van der Waals surface area contributed by atoms with Gasteiger partial charge in [-0.25, -0.2) is 18.5 Å². The largest absolute Gasteiger partial charge is 0.480 e. The summed E-state index contributed by atoms with van der Waals surface area (Å²) < 4.78 is 28.3. The smallest absolute Gasteiger partial charge is 0.244 e. The lowest BCUT2D eigenvalue weighted by atomic mass is 10.1. The summed E-state index contributed by atoms with van der Waals surface area (Å²) in [5.74, 6) is -0.00106.